The first-order valence-electron chi connectivity index (χ1n) is 7.36. The van der Waals surface area contributed by atoms with Crippen molar-refractivity contribution in [3.05, 3.63) is 12.4 Å². The van der Waals surface area contributed by atoms with Gasteiger partial charge in [0.15, 0.2) is 0 Å². The minimum absolute atomic E-state index is 0. The molecule has 0 saturated carbocycles. The van der Waals surface area contributed by atoms with Crippen LogP contribution in [0.2, 0.25) is 0 Å². The summed E-state index contributed by atoms with van der Waals surface area (Å²) in [4.78, 5) is 25.4. The van der Waals surface area contributed by atoms with Gasteiger partial charge in [-0.15, -0.1) is 24.8 Å². The molecular weight excluding hydrogens is 355 g/mol. The van der Waals surface area contributed by atoms with Crippen molar-refractivity contribution in [2.75, 3.05) is 32.5 Å². The number of nitrogens with two attached hydrogens (primary N) is 1. The van der Waals surface area contributed by atoms with Crippen LogP contribution in [0.3, 0.4) is 0 Å². The van der Waals surface area contributed by atoms with Gasteiger partial charge in [-0.3, -0.25) is 14.3 Å². The zero-order valence-corrected chi connectivity index (χ0v) is 16.0. The number of amides is 2. The van der Waals surface area contributed by atoms with E-state index in [0.717, 1.165) is 6.54 Å². The van der Waals surface area contributed by atoms with Gasteiger partial charge < -0.3 is 21.3 Å². The molecule has 1 rings (SSSR count). The molecule has 0 radical (unpaired) electrons. The molecule has 0 spiro atoms. The van der Waals surface area contributed by atoms with Crippen LogP contribution in [0.15, 0.2) is 12.4 Å². The Morgan fingerprint density at radius 1 is 1.33 bits per heavy atom. The Morgan fingerprint density at radius 2 is 2.00 bits per heavy atom. The van der Waals surface area contributed by atoms with Crippen molar-refractivity contribution in [2.24, 2.45) is 5.73 Å². The van der Waals surface area contributed by atoms with Crippen molar-refractivity contribution in [2.45, 2.75) is 32.4 Å². The maximum absolute atomic E-state index is 11.7. The van der Waals surface area contributed by atoms with Crippen LogP contribution in [0.4, 0.5) is 5.69 Å². The summed E-state index contributed by atoms with van der Waals surface area (Å²) in [6.45, 7) is 3.36. The molecule has 0 aliphatic rings. The molecule has 1 atom stereocenters. The molecule has 8 nitrogen and oxygen atoms in total. The standard InChI is InChI=1S/C14H26N6O2.2ClH/c1-11(15)4-5-13(21)18-12-8-17-20(9-12)10-14(22)16-6-7-19(2)3;;/h8-9,11H,4-7,10,15H2,1-3H3,(H,16,22)(H,18,21);2*1H. The number of likely N-dealkylation sites (N-methyl/N-ethyl adjacent to an activating group) is 1. The predicted octanol–water partition coefficient (Wildman–Crippen LogP) is 0.470. The SMILES string of the molecule is CC(N)CCC(=O)Nc1cnn(CC(=O)NCCN(C)C)c1.Cl.Cl. The molecule has 0 bridgehead atoms. The summed E-state index contributed by atoms with van der Waals surface area (Å²) >= 11 is 0. The van der Waals surface area contributed by atoms with Crippen LogP contribution < -0.4 is 16.4 Å². The Morgan fingerprint density at radius 3 is 2.58 bits per heavy atom. The van der Waals surface area contributed by atoms with E-state index < -0.39 is 0 Å². The Balaban J connectivity index is 0. The summed E-state index contributed by atoms with van der Waals surface area (Å²) in [5, 5.41) is 9.59. The van der Waals surface area contributed by atoms with Gasteiger partial charge in [-0.2, -0.15) is 5.10 Å². The second kappa shape index (κ2) is 13.0. The molecule has 0 aromatic carbocycles. The topological polar surface area (TPSA) is 105 Å². The number of hydrogen-bond donors (Lipinski definition) is 3. The number of halogens is 2. The zero-order valence-electron chi connectivity index (χ0n) is 14.3. The van der Waals surface area contributed by atoms with Crippen molar-refractivity contribution >= 4 is 42.3 Å². The van der Waals surface area contributed by atoms with Crippen LogP contribution in [-0.2, 0) is 16.1 Å². The van der Waals surface area contributed by atoms with Gasteiger partial charge in [0.1, 0.15) is 6.54 Å². The molecule has 4 N–H and O–H groups in total. The van der Waals surface area contributed by atoms with E-state index in [-0.39, 0.29) is 49.2 Å². The van der Waals surface area contributed by atoms with Gasteiger partial charge in [0.2, 0.25) is 11.8 Å². The van der Waals surface area contributed by atoms with Crippen LogP contribution in [0.5, 0.6) is 0 Å². The minimum Gasteiger partial charge on any atom is -0.353 e. The molecule has 24 heavy (non-hydrogen) atoms. The molecule has 1 aromatic rings. The molecule has 140 valence electrons. The van der Waals surface area contributed by atoms with Crippen LogP contribution in [0.25, 0.3) is 0 Å². The van der Waals surface area contributed by atoms with Crippen LogP contribution in [-0.4, -0.2) is 59.7 Å². The van der Waals surface area contributed by atoms with Crippen LogP contribution in [0.1, 0.15) is 19.8 Å². The average Bonchev–Trinajstić information content (AvgIpc) is 2.83. The van der Waals surface area contributed by atoms with E-state index in [2.05, 4.69) is 15.7 Å². The number of carbonyl (C=O) groups excluding carboxylic acids is 2. The molecule has 1 unspecified atom stereocenters. The van der Waals surface area contributed by atoms with E-state index in [4.69, 9.17) is 5.73 Å². The second-order valence-electron chi connectivity index (χ2n) is 5.64. The first kappa shape index (κ1) is 24.9. The van der Waals surface area contributed by atoms with Gasteiger partial charge in [-0.1, -0.05) is 0 Å². The van der Waals surface area contributed by atoms with Crippen molar-refractivity contribution in [1.29, 1.82) is 0 Å². The van der Waals surface area contributed by atoms with E-state index in [9.17, 15) is 9.59 Å². The number of nitrogens with zero attached hydrogens (tertiary/aromatic N) is 3. The molecule has 1 aromatic heterocycles. The van der Waals surface area contributed by atoms with E-state index in [1.807, 2.05) is 25.9 Å². The normalized spacial score (nSPS) is 11.2. The van der Waals surface area contributed by atoms with E-state index in [1.54, 1.807) is 6.20 Å². The van der Waals surface area contributed by atoms with Gasteiger partial charge in [0.05, 0.1) is 11.9 Å². The highest BCUT2D eigenvalue weighted by Crippen LogP contribution is 2.06. The fourth-order valence-electron chi connectivity index (χ4n) is 1.72. The van der Waals surface area contributed by atoms with Crippen molar-refractivity contribution in [3.8, 4) is 0 Å². The molecule has 0 aliphatic carbocycles. The molecule has 2 amide bonds. The lowest BCUT2D eigenvalue weighted by Gasteiger charge is -2.10. The second-order valence-corrected chi connectivity index (χ2v) is 5.64. The monoisotopic (exact) mass is 382 g/mol. The van der Waals surface area contributed by atoms with Crippen LogP contribution in [0, 0.1) is 0 Å². The lowest BCUT2D eigenvalue weighted by atomic mass is 10.2. The first-order valence-corrected chi connectivity index (χ1v) is 7.36. The number of carbonyl (C=O) groups is 2. The summed E-state index contributed by atoms with van der Waals surface area (Å²) in [7, 11) is 3.89. The van der Waals surface area contributed by atoms with E-state index in [0.29, 0.717) is 25.1 Å². The number of aromatic nitrogens is 2. The molecule has 0 saturated heterocycles. The number of rotatable bonds is 9. The molecule has 0 aliphatic heterocycles. The Bertz CT molecular complexity index is 493. The highest BCUT2D eigenvalue weighted by Gasteiger charge is 2.08. The van der Waals surface area contributed by atoms with Crippen molar-refractivity contribution in [1.82, 2.24) is 20.0 Å². The molecule has 10 heteroatoms. The Kier molecular flexibility index (Phi) is 13.5. The third-order valence-electron chi connectivity index (χ3n) is 2.93. The molecule has 0 fully saturated rings. The van der Waals surface area contributed by atoms with Gasteiger partial charge in [0.25, 0.3) is 0 Å². The smallest absolute Gasteiger partial charge is 0.241 e. The fraction of sp³-hybridized carbons (Fsp3) is 0.643. The first-order chi connectivity index (χ1) is 10.4. The largest absolute Gasteiger partial charge is 0.353 e. The van der Waals surface area contributed by atoms with Gasteiger partial charge in [0, 0.05) is 31.7 Å². The third-order valence-corrected chi connectivity index (χ3v) is 2.93. The summed E-state index contributed by atoms with van der Waals surface area (Å²) in [5.74, 6) is -0.216. The quantitative estimate of drug-likeness (QED) is 0.575. The highest BCUT2D eigenvalue weighted by molar-refractivity contribution is 5.90. The maximum atomic E-state index is 11.7. The van der Waals surface area contributed by atoms with Crippen molar-refractivity contribution < 1.29 is 9.59 Å². The Labute approximate surface area is 155 Å². The third kappa shape index (κ3) is 11.2. The number of anilines is 1. The average molecular weight is 383 g/mol. The highest BCUT2D eigenvalue weighted by atomic mass is 35.5. The molecule has 1 heterocycles. The van der Waals surface area contributed by atoms with Crippen molar-refractivity contribution in [3.63, 3.8) is 0 Å². The summed E-state index contributed by atoms with van der Waals surface area (Å²) < 4.78 is 1.49. The van der Waals surface area contributed by atoms with Crippen LogP contribution >= 0.6 is 24.8 Å². The number of nitrogens with one attached hydrogen (secondary N) is 2. The van der Waals surface area contributed by atoms with E-state index in [1.165, 1.54) is 10.9 Å². The maximum Gasteiger partial charge on any atom is 0.241 e. The van der Waals surface area contributed by atoms with Gasteiger partial charge in [-0.25, -0.2) is 0 Å². The fourth-order valence-corrected chi connectivity index (χ4v) is 1.72. The lowest BCUT2D eigenvalue weighted by Crippen LogP contribution is -2.33. The molecular formula is C14H28Cl2N6O2. The van der Waals surface area contributed by atoms with Gasteiger partial charge >= 0.3 is 0 Å². The Hall–Kier alpha value is -1.35. The summed E-state index contributed by atoms with van der Waals surface area (Å²) in [6, 6.07) is -0.000616. The zero-order chi connectivity index (χ0) is 16.5. The van der Waals surface area contributed by atoms with E-state index >= 15 is 0 Å². The number of hydrogen-bond acceptors (Lipinski definition) is 5. The minimum atomic E-state index is -0.111. The lowest BCUT2D eigenvalue weighted by molar-refractivity contribution is -0.121. The predicted molar refractivity (Wildman–Crippen MR) is 99.8 cm³/mol. The summed E-state index contributed by atoms with van der Waals surface area (Å²) in [6.07, 6.45) is 4.16. The summed E-state index contributed by atoms with van der Waals surface area (Å²) in [5.41, 5.74) is 6.19. The van der Waals surface area contributed by atoms with Gasteiger partial charge in [-0.05, 0) is 27.4 Å².